The summed E-state index contributed by atoms with van der Waals surface area (Å²) < 4.78 is 39.5. The molecule has 2 N–H and O–H groups in total. The van der Waals surface area contributed by atoms with Gasteiger partial charge >= 0.3 is 0 Å². The van der Waals surface area contributed by atoms with Crippen LogP contribution in [0.25, 0.3) is 0 Å². The third kappa shape index (κ3) is 3.12. The summed E-state index contributed by atoms with van der Waals surface area (Å²) in [4.78, 5) is 16.4. The SMILES string of the molecule is Cc1cc(Nc2cccc(C(=O)c3cc(F)c(F)c(F)c3)n2)n[nH]1. The molecule has 2 aromatic heterocycles. The molecule has 8 heteroatoms. The molecule has 3 rings (SSSR count). The lowest BCUT2D eigenvalue weighted by Gasteiger charge is -2.06. The number of benzene rings is 1. The molecule has 5 nitrogen and oxygen atoms in total. The Morgan fingerprint density at radius 3 is 2.42 bits per heavy atom. The molecule has 0 amide bonds. The van der Waals surface area contributed by atoms with Crippen molar-refractivity contribution in [3.8, 4) is 0 Å². The minimum absolute atomic E-state index is 0.0438. The summed E-state index contributed by atoms with van der Waals surface area (Å²) in [7, 11) is 0. The summed E-state index contributed by atoms with van der Waals surface area (Å²) in [5.74, 6) is -4.38. The molecule has 0 aliphatic heterocycles. The Hall–Kier alpha value is -3.16. The van der Waals surface area contributed by atoms with Crippen molar-refractivity contribution in [2.45, 2.75) is 6.92 Å². The molecular formula is C16H11F3N4O. The fourth-order valence-electron chi connectivity index (χ4n) is 2.08. The van der Waals surface area contributed by atoms with E-state index in [-0.39, 0.29) is 11.3 Å². The predicted molar refractivity (Wildman–Crippen MR) is 80.6 cm³/mol. The van der Waals surface area contributed by atoms with Crippen LogP contribution in [-0.2, 0) is 0 Å². The third-order valence-corrected chi connectivity index (χ3v) is 3.19. The highest BCUT2D eigenvalue weighted by Crippen LogP contribution is 2.18. The average Bonchev–Trinajstić information content (AvgIpc) is 2.96. The minimum atomic E-state index is -1.62. The van der Waals surface area contributed by atoms with E-state index in [4.69, 9.17) is 0 Å². The van der Waals surface area contributed by atoms with Crippen LogP contribution in [0.3, 0.4) is 0 Å². The van der Waals surface area contributed by atoms with Crippen molar-refractivity contribution in [2.75, 3.05) is 5.32 Å². The van der Waals surface area contributed by atoms with Crippen LogP contribution in [0, 0.1) is 24.4 Å². The zero-order chi connectivity index (χ0) is 17.3. The summed E-state index contributed by atoms with van der Waals surface area (Å²) >= 11 is 0. The van der Waals surface area contributed by atoms with Crippen molar-refractivity contribution >= 4 is 17.4 Å². The number of carbonyl (C=O) groups is 1. The topological polar surface area (TPSA) is 70.7 Å². The first kappa shape index (κ1) is 15.7. The van der Waals surface area contributed by atoms with E-state index in [1.165, 1.54) is 6.07 Å². The van der Waals surface area contributed by atoms with Crippen molar-refractivity contribution in [1.82, 2.24) is 15.2 Å². The normalized spacial score (nSPS) is 10.7. The number of aromatic amines is 1. The zero-order valence-corrected chi connectivity index (χ0v) is 12.4. The maximum absolute atomic E-state index is 13.3. The first-order valence-corrected chi connectivity index (χ1v) is 6.89. The van der Waals surface area contributed by atoms with Crippen molar-refractivity contribution in [2.24, 2.45) is 0 Å². The summed E-state index contributed by atoms with van der Waals surface area (Å²) in [6.07, 6.45) is 0. The van der Waals surface area contributed by atoms with Gasteiger partial charge in [-0.3, -0.25) is 9.89 Å². The van der Waals surface area contributed by atoms with E-state index in [1.54, 1.807) is 18.2 Å². The van der Waals surface area contributed by atoms with Crippen LogP contribution in [0.4, 0.5) is 24.8 Å². The molecule has 0 spiro atoms. The summed E-state index contributed by atoms with van der Waals surface area (Å²) in [6.45, 7) is 1.82. The Kier molecular flexibility index (Phi) is 4.03. The van der Waals surface area contributed by atoms with Crippen LogP contribution in [0.2, 0.25) is 0 Å². The minimum Gasteiger partial charge on any atom is -0.323 e. The molecule has 0 fully saturated rings. The number of nitrogens with zero attached hydrogens (tertiary/aromatic N) is 2. The molecule has 2 heterocycles. The molecule has 0 unspecified atom stereocenters. The van der Waals surface area contributed by atoms with Gasteiger partial charge < -0.3 is 5.32 Å². The fraction of sp³-hybridized carbons (Fsp3) is 0.0625. The van der Waals surface area contributed by atoms with Gasteiger partial charge in [0.05, 0.1) is 0 Å². The highest BCUT2D eigenvalue weighted by Gasteiger charge is 2.17. The Morgan fingerprint density at radius 2 is 1.79 bits per heavy atom. The Labute approximate surface area is 134 Å². The molecule has 0 saturated carbocycles. The summed E-state index contributed by atoms with van der Waals surface area (Å²) in [5.41, 5.74) is 0.464. The van der Waals surface area contributed by atoms with E-state index in [9.17, 15) is 18.0 Å². The second-order valence-corrected chi connectivity index (χ2v) is 5.05. The van der Waals surface area contributed by atoms with Crippen molar-refractivity contribution in [1.29, 1.82) is 0 Å². The second-order valence-electron chi connectivity index (χ2n) is 5.05. The van der Waals surface area contributed by atoms with Gasteiger partial charge in [0.1, 0.15) is 11.5 Å². The largest absolute Gasteiger partial charge is 0.323 e. The van der Waals surface area contributed by atoms with Gasteiger partial charge in [-0.15, -0.1) is 0 Å². The van der Waals surface area contributed by atoms with Crippen molar-refractivity contribution < 1.29 is 18.0 Å². The molecular weight excluding hydrogens is 321 g/mol. The van der Waals surface area contributed by atoms with Gasteiger partial charge in [-0.1, -0.05) is 6.07 Å². The van der Waals surface area contributed by atoms with Gasteiger partial charge in [0.25, 0.3) is 0 Å². The lowest BCUT2D eigenvalue weighted by Crippen LogP contribution is -2.08. The molecule has 0 radical (unpaired) electrons. The third-order valence-electron chi connectivity index (χ3n) is 3.19. The number of ketones is 1. The van der Waals surface area contributed by atoms with E-state index < -0.39 is 23.2 Å². The number of H-pyrrole nitrogens is 1. The number of hydrogen-bond acceptors (Lipinski definition) is 4. The Bertz CT molecular complexity index is 900. The first-order valence-electron chi connectivity index (χ1n) is 6.89. The molecule has 0 aliphatic rings. The Morgan fingerprint density at radius 1 is 1.08 bits per heavy atom. The van der Waals surface area contributed by atoms with Crippen LogP contribution >= 0.6 is 0 Å². The van der Waals surface area contributed by atoms with E-state index in [1.807, 2.05) is 6.92 Å². The molecule has 122 valence electrons. The van der Waals surface area contributed by atoms with Crippen LogP contribution < -0.4 is 5.32 Å². The van der Waals surface area contributed by atoms with Crippen molar-refractivity contribution in [3.05, 3.63) is 70.8 Å². The second kappa shape index (κ2) is 6.15. The van der Waals surface area contributed by atoms with Gasteiger partial charge in [-0.05, 0) is 31.2 Å². The van der Waals surface area contributed by atoms with Crippen LogP contribution in [0.15, 0.2) is 36.4 Å². The summed E-state index contributed by atoms with van der Waals surface area (Å²) in [6, 6.07) is 7.56. The molecule has 24 heavy (non-hydrogen) atoms. The smallest absolute Gasteiger partial charge is 0.211 e. The number of nitrogens with one attached hydrogen (secondary N) is 2. The highest BCUT2D eigenvalue weighted by molar-refractivity contribution is 6.07. The highest BCUT2D eigenvalue weighted by atomic mass is 19.2. The number of hydrogen-bond donors (Lipinski definition) is 2. The van der Waals surface area contributed by atoms with Gasteiger partial charge in [0.15, 0.2) is 23.3 Å². The molecule has 0 saturated heterocycles. The number of rotatable bonds is 4. The number of anilines is 2. The number of halogens is 3. The Balaban J connectivity index is 1.89. The lowest BCUT2D eigenvalue weighted by molar-refractivity contribution is 0.103. The quantitative estimate of drug-likeness (QED) is 0.567. The number of carbonyl (C=O) groups excluding carboxylic acids is 1. The monoisotopic (exact) mass is 332 g/mol. The van der Waals surface area contributed by atoms with Gasteiger partial charge in [-0.25, -0.2) is 18.2 Å². The van der Waals surface area contributed by atoms with Gasteiger partial charge in [0, 0.05) is 17.3 Å². The van der Waals surface area contributed by atoms with Gasteiger partial charge in [-0.2, -0.15) is 5.10 Å². The molecule has 0 atom stereocenters. The molecule has 0 aliphatic carbocycles. The first-order chi connectivity index (χ1) is 11.4. The van der Waals surface area contributed by atoms with E-state index in [0.29, 0.717) is 23.8 Å². The molecule has 0 bridgehead atoms. The van der Waals surface area contributed by atoms with E-state index in [0.717, 1.165) is 5.69 Å². The van der Waals surface area contributed by atoms with Gasteiger partial charge in [0.2, 0.25) is 5.78 Å². The maximum atomic E-state index is 13.3. The van der Waals surface area contributed by atoms with E-state index in [2.05, 4.69) is 20.5 Å². The van der Waals surface area contributed by atoms with Crippen LogP contribution in [0.5, 0.6) is 0 Å². The number of aryl methyl sites for hydroxylation is 1. The number of aromatic nitrogens is 3. The molecule has 1 aromatic carbocycles. The fourth-order valence-corrected chi connectivity index (χ4v) is 2.08. The predicted octanol–water partition coefficient (Wildman–Crippen LogP) is 3.51. The summed E-state index contributed by atoms with van der Waals surface area (Å²) in [5, 5.41) is 9.61. The standard InChI is InChI=1S/C16H11F3N4O/c1-8-5-14(23-22-8)21-13-4-2-3-12(20-13)16(24)9-6-10(17)15(19)11(18)7-9/h2-7H,1H3,(H2,20,21,22,23). The lowest BCUT2D eigenvalue weighted by atomic mass is 10.1. The number of pyridine rings is 1. The van der Waals surface area contributed by atoms with Crippen molar-refractivity contribution in [3.63, 3.8) is 0 Å². The van der Waals surface area contributed by atoms with Crippen LogP contribution in [0.1, 0.15) is 21.7 Å². The van der Waals surface area contributed by atoms with E-state index >= 15 is 0 Å². The maximum Gasteiger partial charge on any atom is 0.211 e. The molecule has 3 aromatic rings. The van der Waals surface area contributed by atoms with Crippen LogP contribution in [-0.4, -0.2) is 21.0 Å². The average molecular weight is 332 g/mol. The zero-order valence-electron chi connectivity index (χ0n) is 12.4.